The number of imidazole rings is 1. The molecule has 0 amide bonds. The third kappa shape index (κ3) is 1.23. The average Bonchev–Trinajstić information content (AvgIpc) is 2.47. The van der Waals surface area contributed by atoms with Gasteiger partial charge in [-0.3, -0.25) is 4.40 Å². The fraction of sp³-hybridized carbons (Fsp3) is 0.250. The highest BCUT2D eigenvalue weighted by Gasteiger charge is 2.05. The van der Waals surface area contributed by atoms with Crippen molar-refractivity contribution in [1.82, 2.24) is 9.38 Å². The highest BCUT2D eigenvalue weighted by molar-refractivity contribution is 5.63. The fourth-order valence-corrected chi connectivity index (χ4v) is 1.75. The van der Waals surface area contributed by atoms with Crippen LogP contribution in [0.3, 0.4) is 0 Å². The molecule has 0 aliphatic rings. The van der Waals surface area contributed by atoms with E-state index in [0.717, 1.165) is 16.9 Å². The molecule has 0 aliphatic heterocycles. The van der Waals surface area contributed by atoms with E-state index in [1.807, 2.05) is 13.1 Å². The number of nitrogens with zero attached hydrogens (tertiary/aromatic N) is 2. The lowest BCUT2D eigenvalue weighted by atomic mass is 10.2. The van der Waals surface area contributed by atoms with Gasteiger partial charge < -0.3 is 0 Å². The van der Waals surface area contributed by atoms with Crippen LogP contribution in [0.4, 0.5) is 0 Å². The number of pyridine rings is 1. The van der Waals surface area contributed by atoms with Crippen molar-refractivity contribution in [2.45, 2.75) is 20.8 Å². The van der Waals surface area contributed by atoms with Crippen molar-refractivity contribution in [3.63, 3.8) is 0 Å². The summed E-state index contributed by atoms with van der Waals surface area (Å²) >= 11 is 0. The molecule has 0 radical (unpaired) electrons. The van der Waals surface area contributed by atoms with E-state index >= 15 is 0 Å². The minimum atomic E-state index is 1.02. The van der Waals surface area contributed by atoms with Crippen molar-refractivity contribution in [3.05, 3.63) is 41.9 Å². The van der Waals surface area contributed by atoms with Crippen LogP contribution in [0, 0.1) is 13.8 Å². The predicted molar refractivity (Wildman–Crippen MR) is 59.4 cm³/mol. The van der Waals surface area contributed by atoms with Gasteiger partial charge in [-0.2, -0.15) is 0 Å². The van der Waals surface area contributed by atoms with Gasteiger partial charge in [-0.15, -0.1) is 0 Å². The molecule has 2 heteroatoms. The van der Waals surface area contributed by atoms with Crippen LogP contribution in [0.25, 0.3) is 11.2 Å². The zero-order valence-corrected chi connectivity index (χ0v) is 8.83. The first-order chi connectivity index (χ1) is 6.59. The number of rotatable bonds is 1. The van der Waals surface area contributed by atoms with Gasteiger partial charge in [0.2, 0.25) is 0 Å². The second kappa shape index (κ2) is 2.98. The number of aryl methyl sites for hydroxylation is 2. The molecule has 0 atom stereocenters. The van der Waals surface area contributed by atoms with Crippen molar-refractivity contribution < 1.29 is 0 Å². The molecular formula is C12H14N2. The summed E-state index contributed by atoms with van der Waals surface area (Å²) in [4.78, 5) is 4.38. The molecule has 2 aromatic rings. The first-order valence-electron chi connectivity index (χ1n) is 4.70. The van der Waals surface area contributed by atoms with Crippen LogP contribution < -0.4 is 0 Å². The first kappa shape index (κ1) is 9.00. The standard InChI is InChI=1S/C12H14N2/c1-8(2)11-6-13-12-10(4)5-9(3)7-14(11)12/h5-7H,1H2,2-4H3. The molecule has 14 heavy (non-hydrogen) atoms. The Labute approximate surface area is 83.9 Å². The van der Waals surface area contributed by atoms with Crippen LogP contribution >= 0.6 is 0 Å². The van der Waals surface area contributed by atoms with Crippen molar-refractivity contribution in [1.29, 1.82) is 0 Å². The van der Waals surface area contributed by atoms with E-state index < -0.39 is 0 Å². The molecule has 0 aromatic carbocycles. The Morgan fingerprint density at radius 1 is 1.43 bits per heavy atom. The van der Waals surface area contributed by atoms with Gasteiger partial charge in [0, 0.05) is 6.20 Å². The van der Waals surface area contributed by atoms with Gasteiger partial charge >= 0.3 is 0 Å². The lowest BCUT2D eigenvalue weighted by Crippen LogP contribution is -1.93. The zero-order chi connectivity index (χ0) is 10.3. The number of hydrogen-bond donors (Lipinski definition) is 0. The molecule has 2 heterocycles. The van der Waals surface area contributed by atoms with E-state index in [9.17, 15) is 0 Å². The summed E-state index contributed by atoms with van der Waals surface area (Å²) < 4.78 is 2.10. The van der Waals surface area contributed by atoms with Gasteiger partial charge in [-0.1, -0.05) is 12.6 Å². The highest BCUT2D eigenvalue weighted by atomic mass is 15.0. The topological polar surface area (TPSA) is 17.3 Å². The molecule has 0 bridgehead atoms. The molecule has 0 N–H and O–H groups in total. The minimum absolute atomic E-state index is 1.02. The van der Waals surface area contributed by atoms with Crippen LogP contribution in [-0.4, -0.2) is 9.38 Å². The van der Waals surface area contributed by atoms with Crippen molar-refractivity contribution >= 4 is 11.2 Å². The zero-order valence-electron chi connectivity index (χ0n) is 8.83. The number of fused-ring (bicyclic) bond motifs is 1. The Morgan fingerprint density at radius 2 is 2.14 bits per heavy atom. The smallest absolute Gasteiger partial charge is 0.140 e. The molecule has 0 fully saturated rings. The van der Waals surface area contributed by atoms with Crippen molar-refractivity contribution in [3.8, 4) is 0 Å². The number of hydrogen-bond acceptors (Lipinski definition) is 1. The maximum Gasteiger partial charge on any atom is 0.140 e. The summed E-state index contributed by atoms with van der Waals surface area (Å²) in [5.41, 5.74) is 5.61. The van der Waals surface area contributed by atoms with Crippen LogP contribution in [0.2, 0.25) is 0 Å². The summed E-state index contributed by atoms with van der Waals surface area (Å²) in [7, 11) is 0. The third-order valence-electron chi connectivity index (χ3n) is 2.36. The van der Waals surface area contributed by atoms with Crippen LogP contribution in [-0.2, 0) is 0 Å². The van der Waals surface area contributed by atoms with Gasteiger partial charge in [0.15, 0.2) is 0 Å². The Bertz CT molecular complexity index is 506. The lowest BCUT2D eigenvalue weighted by Gasteiger charge is -2.04. The summed E-state index contributed by atoms with van der Waals surface area (Å²) in [5.74, 6) is 0. The monoisotopic (exact) mass is 186 g/mol. The predicted octanol–water partition coefficient (Wildman–Crippen LogP) is 2.98. The summed E-state index contributed by atoms with van der Waals surface area (Å²) in [5, 5.41) is 0. The quantitative estimate of drug-likeness (QED) is 0.669. The van der Waals surface area contributed by atoms with Crippen molar-refractivity contribution in [2.24, 2.45) is 0 Å². The molecule has 0 spiro atoms. The molecule has 2 rings (SSSR count). The highest BCUT2D eigenvalue weighted by Crippen LogP contribution is 2.17. The fourth-order valence-electron chi connectivity index (χ4n) is 1.75. The Hall–Kier alpha value is -1.57. The van der Waals surface area contributed by atoms with E-state index in [4.69, 9.17) is 0 Å². The molecule has 0 saturated heterocycles. The summed E-state index contributed by atoms with van der Waals surface area (Å²) in [6.45, 7) is 10.1. The normalized spacial score (nSPS) is 10.8. The van der Waals surface area contributed by atoms with E-state index in [-0.39, 0.29) is 0 Å². The minimum Gasteiger partial charge on any atom is -0.300 e. The van der Waals surface area contributed by atoms with Crippen LogP contribution in [0.15, 0.2) is 25.0 Å². The number of allylic oxidation sites excluding steroid dienone is 1. The molecule has 0 unspecified atom stereocenters. The van der Waals surface area contributed by atoms with E-state index in [1.165, 1.54) is 11.1 Å². The maximum absolute atomic E-state index is 4.38. The SMILES string of the molecule is C=C(C)c1cnc2c(C)cc(C)cn12. The van der Waals surface area contributed by atoms with Crippen LogP contribution in [0.5, 0.6) is 0 Å². The van der Waals surface area contributed by atoms with E-state index in [0.29, 0.717) is 0 Å². The lowest BCUT2D eigenvalue weighted by molar-refractivity contribution is 1.11. The molecular weight excluding hydrogens is 172 g/mol. The Kier molecular flexibility index (Phi) is 1.92. The Balaban J connectivity index is 2.85. The van der Waals surface area contributed by atoms with E-state index in [2.05, 4.69) is 42.1 Å². The van der Waals surface area contributed by atoms with Gasteiger partial charge in [0.25, 0.3) is 0 Å². The van der Waals surface area contributed by atoms with Gasteiger partial charge in [0.05, 0.1) is 11.9 Å². The third-order valence-corrected chi connectivity index (χ3v) is 2.36. The second-order valence-electron chi connectivity index (χ2n) is 3.82. The van der Waals surface area contributed by atoms with Crippen molar-refractivity contribution in [2.75, 3.05) is 0 Å². The average molecular weight is 186 g/mol. The Morgan fingerprint density at radius 3 is 2.79 bits per heavy atom. The number of aromatic nitrogens is 2. The van der Waals surface area contributed by atoms with Gasteiger partial charge in [0.1, 0.15) is 5.65 Å². The molecule has 2 aromatic heterocycles. The maximum atomic E-state index is 4.38. The first-order valence-corrected chi connectivity index (χ1v) is 4.70. The van der Waals surface area contributed by atoms with Gasteiger partial charge in [-0.05, 0) is 37.5 Å². The molecule has 0 aliphatic carbocycles. The second-order valence-corrected chi connectivity index (χ2v) is 3.82. The molecule has 72 valence electrons. The largest absolute Gasteiger partial charge is 0.300 e. The molecule has 0 saturated carbocycles. The molecule has 2 nitrogen and oxygen atoms in total. The summed E-state index contributed by atoms with van der Waals surface area (Å²) in [6, 6.07) is 2.14. The van der Waals surface area contributed by atoms with Gasteiger partial charge in [-0.25, -0.2) is 4.98 Å². The van der Waals surface area contributed by atoms with Crippen LogP contribution in [0.1, 0.15) is 23.7 Å². The van der Waals surface area contributed by atoms with E-state index in [1.54, 1.807) is 0 Å². The summed E-state index contributed by atoms with van der Waals surface area (Å²) in [6.07, 6.45) is 3.98.